The van der Waals surface area contributed by atoms with Crippen LogP contribution in [0.15, 0.2) is 0 Å². The predicted octanol–water partition coefficient (Wildman–Crippen LogP) is -1.34. The van der Waals surface area contributed by atoms with E-state index in [0.29, 0.717) is 13.1 Å². The molecule has 0 heterocycles. The third-order valence-corrected chi connectivity index (χ3v) is 1.12. The molecule has 0 aliphatic heterocycles. The van der Waals surface area contributed by atoms with Gasteiger partial charge in [-0.2, -0.15) is 0 Å². The molecule has 5 heteroatoms. The van der Waals surface area contributed by atoms with Gasteiger partial charge in [0.25, 0.3) is 0 Å². The van der Waals surface area contributed by atoms with Crippen LogP contribution in [0.1, 0.15) is 0 Å². The Balaban J connectivity index is 0. The summed E-state index contributed by atoms with van der Waals surface area (Å²) >= 11 is 0. The Morgan fingerprint density at radius 1 is 0.727 bits per heavy atom. The Morgan fingerprint density at radius 2 is 1.09 bits per heavy atom. The van der Waals surface area contributed by atoms with Crippen LogP contribution in [0, 0.1) is 0 Å². The van der Waals surface area contributed by atoms with Crippen molar-refractivity contribution >= 4 is 17.0 Å². The molecular weight excluding hydrogens is 208 g/mol. The molecule has 4 nitrogen and oxygen atoms in total. The van der Waals surface area contributed by atoms with Gasteiger partial charge in [-0.3, -0.25) is 0 Å². The first-order chi connectivity index (χ1) is 4.91. The van der Waals surface area contributed by atoms with E-state index in [1.165, 1.54) is 0 Å². The molecule has 0 saturated carbocycles. The molecule has 0 fully saturated rings. The predicted molar refractivity (Wildman–Crippen MR) is 54.2 cm³/mol. The fourth-order valence-electron chi connectivity index (χ4n) is 0.631. The Labute approximate surface area is 78.9 Å². The zero-order chi connectivity index (χ0) is 7.66. The van der Waals surface area contributed by atoms with E-state index in [4.69, 9.17) is 11.5 Å². The maximum absolute atomic E-state index is 5.27. The van der Waals surface area contributed by atoms with E-state index in [1.54, 1.807) is 0 Å². The van der Waals surface area contributed by atoms with Gasteiger partial charge >= 0.3 is 0 Å². The van der Waals surface area contributed by atoms with Gasteiger partial charge in [-0.05, 0) is 0 Å². The van der Waals surface area contributed by atoms with Gasteiger partial charge in [0.2, 0.25) is 0 Å². The maximum atomic E-state index is 5.27. The van der Waals surface area contributed by atoms with Gasteiger partial charge in [0.1, 0.15) is 0 Å². The topological polar surface area (TPSA) is 76.1 Å². The lowest BCUT2D eigenvalue weighted by molar-refractivity contribution is 0.618. The van der Waals surface area contributed by atoms with Gasteiger partial charge in [-0.25, -0.2) is 0 Å². The number of nitrogens with one attached hydrogen (secondary N) is 2. The molecule has 0 saturated heterocycles. The van der Waals surface area contributed by atoms with Gasteiger partial charge < -0.3 is 22.1 Å². The van der Waals surface area contributed by atoms with Crippen LogP contribution in [0.4, 0.5) is 0 Å². The summed E-state index contributed by atoms with van der Waals surface area (Å²) in [6, 6.07) is 0. The highest BCUT2D eigenvalue weighted by molar-refractivity contribution is 8.93. The summed E-state index contributed by atoms with van der Waals surface area (Å²) in [6.45, 7) is 5.14. The second-order valence-corrected chi connectivity index (χ2v) is 2.08. The number of hydrogen-bond acceptors (Lipinski definition) is 4. The lowest BCUT2D eigenvalue weighted by atomic mass is 10.5. The molecule has 0 aliphatic rings. The number of hydrogen-bond donors (Lipinski definition) is 4. The molecule has 0 atom stereocenters. The van der Waals surface area contributed by atoms with E-state index in [-0.39, 0.29) is 17.0 Å². The summed E-state index contributed by atoms with van der Waals surface area (Å²) in [4.78, 5) is 0. The van der Waals surface area contributed by atoms with Crippen molar-refractivity contribution in [2.45, 2.75) is 0 Å². The fraction of sp³-hybridized carbons (Fsp3) is 1.00. The Kier molecular flexibility index (Phi) is 16.3. The standard InChI is InChI=1S/C6H18N4.BrH/c7-1-3-9-5-6-10-4-2-8;/h9-10H,1-8H2;1H. The fourth-order valence-corrected chi connectivity index (χ4v) is 0.631. The van der Waals surface area contributed by atoms with Crippen LogP contribution in [-0.2, 0) is 0 Å². The van der Waals surface area contributed by atoms with Crippen molar-refractivity contribution in [2.75, 3.05) is 39.3 Å². The molecule has 0 unspecified atom stereocenters. The molecule has 0 aromatic heterocycles. The zero-order valence-electron chi connectivity index (χ0n) is 6.81. The van der Waals surface area contributed by atoms with Gasteiger partial charge in [-0.1, -0.05) is 0 Å². The third-order valence-electron chi connectivity index (χ3n) is 1.12. The summed E-state index contributed by atoms with van der Waals surface area (Å²) in [7, 11) is 0. The van der Waals surface area contributed by atoms with E-state index in [9.17, 15) is 0 Å². The lowest BCUT2D eigenvalue weighted by Crippen LogP contribution is -2.32. The summed E-state index contributed by atoms with van der Waals surface area (Å²) in [5.74, 6) is 0. The first kappa shape index (κ1) is 13.9. The third kappa shape index (κ3) is 13.3. The Hall–Kier alpha value is 0.320. The SMILES string of the molecule is Br.NCCNCCNCCN. The Bertz CT molecular complexity index is 54.5. The Morgan fingerprint density at radius 3 is 1.36 bits per heavy atom. The number of halogens is 1. The van der Waals surface area contributed by atoms with E-state index in [0.717, 1.165) is 26.2 Å². The molecule has 0 aromatic carbocycles. The van der Waals surface area contributed by atoms with Crippen LogP contribution in [0.5, 0.6) is 0 Å². The molecule has 0 spiro atoms. The smallest absolute Gasteiger partial charge is 0.00772 e. The van der Waals surface area contributed by atoms with Gasteiger partial charge in [-0.15, -0.1) is 17.0 Å². The van der Waals surface area contributed by atoms with Crippen molar-refractivity contribution in [1.29, 1.82) is 0 Å². The minimum absolute atomic E-state index is 0. The molecule has 0 aliphatic carbocycles. The largest absolute Gasteiger partial charge is 0.329 e. The van der Waals surface area contributed by atoms with E-state index in [1.807, 2.05) is 0 Å². The van der Waals surface area contributed by atoms with Gasteiger partial charge in [0.15, 0.2) is 0 Å². The monoisotopic (exact) mass is 226 g/mol. The first-order valence-corrected chi connectivity index (χ1v) is 3.73. The molecule has 0 radical (unpaired) electrons. The summed E-state index contributed by atoms with van der Waals surface area (Å²) < 4.78 is 0. The van der Waals surface area contributed by atoms with Crippen molar-refractivity contribution in [3.8, 4) is 0 Å². The van der Waals surface area contributed by atoms with Crippen molar-refractivity contribution < 1.29 is 0 Å². The van der Waals surface area contributed by atoms with Crippen molar-refractivity contribution in [3.63, 3.8) is 0 Å². The van der Waals surface area contributed by atoms with Crippen molar-refractivity contribution in [1.82, 2.24) is 10.6 Å². The average Bonchev–Trinajstić information content (AvgIpc) is 1.97. The molecule has 70 valence electrons. The van der Waals surface area contributed by atoms with Crippen LogP contribution in [-0.4, -0.2) is 39.3 Å². The van der Waals surface area contributed by atoms with Crippen LogP contribution >= 0.6 is 17.0 Å². The highest BCUT2D eigenvalue weighted by Crippen LogP contribution is 1.57. The molecule has 0 aromatic rings. The molecule has 0 amide bonds. The minimum atomic E-state index is 0. The maximum Gasteiger partial charge on any atom is 0.00772 e. The van der Waals surface area contributed by atoms with Gasteiger partial charge in [0.05, 0.1) is 0 Å². The molecule has 0 rings (SSSR count). The second kappa shape index (κ2) is 12.9. The molecular formula is C6H19BrN4. The van der Waals surface area contributed by atoms with Crippen LogP contribution in [0.25, 0.3) is 0 Å². The van der Waals surface area contributed by atoms with Crippen LogP contribution in [0.3, 0.4) is 0 Å². The summed E-state index contributed by atoms with van der Waals surface area (Å²) in [5, 5.41) is 6.33. The van der Waals surface area contributed by atoms with E-state index in [2.05, 4.69) is 10.6 Å². The summed E-state index contributed by atoms with van der Waals surface area (Å²) in [6.07, 6.45) is 0. The van der Waals surface area contributed by atoms with Crippen LogP contribution in [0.2, 0.25) is 0 Å². The van der Waals surface area contributed by atoms with Gasteiger partial charge in [0, 0.05) is 39.3 Å². The highest BCUT2D eigenvalue weighted by Gasteiger charge is 1.83. The quantitative estimate of drug-likeness (QED) is 0.406. The lowest BCUT2D eigenvalue weighted by Gasteiger charge is -2.03. The highest BCUT2D eigenvalue weighted by atomic mass is 79.9. The second-order valence-electron chi connectivity index (χ2n) is 2.08. The van der Waals surface area contributed by atoms with E-state index >= 15 is 0 Å². The van der Waals surface area contributed by atoms with Crippen LogP contribution < -0.4 is 22.1 Å². The number of rotatable bonds is 7. The summed E-state index contributed by atoms with van der Waals surface area (Å²) in [5.41, 5.74) is 10.5. The first-order valence-electron chi connectivity index (χ1n) is 3.73. The minimum Gasteiger partial charge on any atom is -0.329 e. The van der Waals surface area contributed by atoms with Crippen molar-refractivity contribution in [3.05, 3.63) is 0 Å². The average molecular weight is 227 g/mol. The molecule has 11 heavy (non-hydrogen) atoms. The number of nitrogens with two attached hydrogens (primary N) is 2. The van der Waals surface area contributed by atoms with Crippen molar-refractivity contribution in [2.24, 2.45) is 11.5 Å². The molecule has 6 N–H and O–H groups in total. The normalized spacial score (nSPS) is 9.27. The van der Waals surface area contributed by atoms with E-state index < -0.39 is 0 Å². The zero-order valence-corrected chi connectivity index (χ0v) is 8.52. The molecule has 0 bridgehead atoms.